The Balaban J connectivity index is 2.00. The number of ether oxygens (including phenoxy) is 1. The minimum absolute atomic E-state index is 0.281. The lowest BCUT2D eigenvalue weighted by Gasteiger charge is -2.12. The topological polar surface area (TPSA) is 31.2 Å². The van der Waals surface area contributed by atoms with E-state index in [0.29, 0.717) is 5.56 Å². The van der Waals surface area contributed by atoms with E-state index >= 15 is 0 Å². The van der Waals surface area contributed by atoms with Crippen LogP contribution in [0.1, 0.15) is 21.6 Å². The van der Waals surface area contributed by atoms with Gasteiger partial charge in [-0.05, 0) is 54.8 Å². The van der Waals surface area contributed by atoms with Crippen LogP contribution in [-0.2, 0) is 17.7 Å². The zero-order valence-corrected chi connectivity index (χ0v) is 14.3. The van der Waals surface area contributed by atoms with Gasteiger partial charge in [-0.1, -0.05) is 30.3 Å². The molecule has 0 bridgehead atoms. The first-order valence-corrected chi connectivity index (χ1v) is 8.18. The summed E-state index contributed by atoms with van der Waals surface area (Å²) in [6, 6.07) is 18.3. The van der Waals surface area contributed by atoms with Crippen molar-refractivity contribution in [2.75, 3.05) is 7.11 Å². The van der Waals surface area contributed by atoms with Gasteiger partial charge in [0.05, 0.1) is 12.7 Å². The number of hydrogen-bond acceptors (Lipinski definition) is 2. The Bertz CT molecular complexity index is 867. The highest BCUT2D eigenvalue weighted by atomic mass is 19.1. The highest BCUT2D eigenvalue weighted by molar-refractivity contribution is 5.92. The van der Waals surface area contributed by atoms with Crippen LogP contribution >= 0.6 is 0 Å². The lowest BCUT2D eigenvalue weighted by molar-refractivity contribution is 0.0600. The van der Waals surface area contributed by atoms with Gasteiger partial charge in [-0.3, -0.25) is 0 Å². The minimum Gasteiger partial charge on any atom is -0.465 e. The number of nitrogens with zero attached hydrogens (tertiary/aromatic N) is 1. The number of benzene rings is 2. The summed E-state index contributed by atoms with van der Waals surface area (Å²) in [6.45, 7) is 2.63. The largest absolute Gasteiger partial charge is 0.465 e. The summed E-state index contributed by atoms with van der Waals surface area (Å²) in [5.41, 5.74) is 4.36. The molecular weight excluding hydrogens is 317 g/mol. The van der Waals surface area contributed by atoms with Gasteiger partial charge >= 0.3 is 5.97 Å². The number of rotatable bonds is 5. The van der Waals surface area contributed by atoms with Crippen LogP contribution in [0.15, 0.2) is 60.7 Å². The van der Waals surface area contributed by atoms with E-state index in [2.05, 4.69) is 16.7 Å². The van der Waals surface area contributed by atoms with Crippen molar-refractivity contribution >= 4 is 5.97 Å². The van der Waals surface area contributed by atoms with Crippen LogP contribution in [0.2, 0.25) is 0 Å². The van der Waals surface area contributed by atoms with Crippen LogP contribution in [0, 0.1) is 12.7 Å². The molecule has 0 amide bonds. The number of methoxy groups -OCH3 is 1. The molecule has 4 heteroatoms. The van der Waals surface area contributed by atoms with Crippen molar-refractivity contribution in [2.45, 2.75) is 19.9 Å². The van der Waals surface area contributed by atoms with Crippen molar-refractivity contribution in [3.05, 3.63) is 83.3 Å². The molecule has 0 unspecified atom stereocenters. The van der Waals surface area contributed by atoms with E-state index in [9.17, 15) is 9.18 Å². The van der Waals surface area contributed by atoms with Gasteiger partial charge in [0, 0.05) is 17.9 Å². The number of hydrogen-bond donors (Lipinski definition) is 0. The first kappa shape index (κ1) is 17.0. The maximum Gasteiger partial charge on any atom is 0.339 e. The van der Waals surface area contributed by atoms with Crippen LogP contribution in [0.4, 0.5) is 4.39 Å². The Kier molecular flexibility index (Phi) is 4.98. The number of carbonyl (C=O) groups is 1. The molecule has 0 spiro atoms. The average molecular weight is 337 g/mol. The summed E-state index contributed by atoms with van der Waals surface area (Å²) >= 11 is 0. The van der Waals surface area contributed by atoms with E-state index in [-0.39, 0.29) is 11.8 Å². The van der Waals surface area contributed by atoms with E-state index in [0.717, 1.165) is 29.9 Å². The predicted octanol–water partition coefficient (Wildman–Crippen LogP) is 4.63. The van der Waals surface area contributed by atoms with Crippen LogP contribution in [0.3, 0.4) is 0 Å². The molecule has 0 aliphatic carbocycles. The first-order chi connectivity index (χ1) is 12.1. The molecule has 3 aromatic rings. The Morgan fingerprint density at radius 3 is 2.40 bits per heavy atom. The van der Waals surface area contributed by atoms with Crippen LogP contribution in [0.5, 0.6) is 0 Å². The summed E-state index contributed by atoms with van der Waals surface area (Å²) < 4.78 is 20.2. The third kappa shape index (κ3) is 3.63. The van der Waals surface area contributed by atoms with E-state index < -0.39 is 0 Å². The minimum atomic E-state index is -0.362. The molecule has 0 aliphatic rings. The van der Waals surface area contributed by atoms with Gasteiger partial charge in [0.1, 0.15) is 5.82 Å². The Morgan fingerprint density at radius 1 is 1.08 bits per heavy atom. The van der Waals surface area contributed by atoms with Gasteiger partial charge in [-0.2, -0.15) is 0 Å². The number of aryl methyl sites for hydroxylation is 1. The van der Waals surface area contributed by atoms with Crippen LogP contribution in [-0.4, -0.2) is 17.6 Å². The molecule has 3 nitrogen and oxygen atoms in total. The second-order valence-corrected chi connectivity index (χ2v) is 5.91. The van der Waals surface area contributed by atoms with Gasteiger partial charge in [-0.25, -0.2) is 9.18 Å². The molecule has 0 radical (unpaired) electrons. The van der Waals surface area contributed by atoms with E-state index in [1.807, 2.05) is 31.2 Å². The van der Waals surface area contributed by atoms with Crippen LogP contribution in [0.25, 0.3) is 11.3 Å². The molecule has 0 saturated carbocycles. The monoisotopic (exact) mass is 337 g/mol. The highest BCUT2D eigenvalue weighted by Gasteiger charge is 2.19. The zero-order chi connectivity index (χ0) is 17.8. The standard InChI is InChI=1S/C21H20FNO2/c1-15-19(21(24)25-2)14-20(17-8-10-18(22)11-9-17)23(15)13-12-16-6-4-3-5-7-16/h3-11,14H,12-13H2,1-2H3. The van der Waals surface area contributed by atoms with Crippen molar-refractivity contribution in [3.8, 4) is 11.3 Å². The molecule has 1 aromatic heterocycles. The van der Waals surface area contributed by atoms with E-state index in [1.54, 1.807) is 12.1 Å². The van der Waals surface area contributed by atoms with Gasteiger partial charge in [0.2, 0.25) is 0 Å². The molecule has 0 atom stereocenters. The summed E-state index contributed by atoms with van der Waals surface area (Å²) in [7, 11) is 1.38. The molecule has 2 aromatic carbocycles. The normalized spacial score (nSPS) is 10.7. The SMILES string of the molecule is COC(=O)c1cc(-c2ccc(F)cc2)n(CCc2ccccc2)c1C. The fourth-order valence-corrected chi connectivity index (χ4v) is 3.00. The number of esters is 1. The molecule has 0 N–H and O–H groups in total. The maximum atomic E-state index is 13.3. The molecule has 1 heterocycles. The Morgan fingerprint density at radius 2 is 1.76 bits per heavy atom. The summed E-state index contributed by atoms with van der Waals surface area (Å²) in [6.07, 6.45) is 0.838. The van der Waals surface area contributed by atoms with Gasteiger partial charge in [0.25, 0.3) is 0 Å². The quantitative estimate of drug-likeness (QED) is 0.636. The first-order valence-electron chi connectivity index (χ1n) is 8.18. The summed E-state index contributed by atoms with van der Waals surface area (Å²) in [5, 5.41) is 0. The van der Waals surface area contributed by atoms with Crippen molar-refractivity contribution in [1.29, 1.82) is 0 Å². The number of carbonyl (C=O) groups excluding carboxylic acids is 1. The van der Waals surface area contributed by atoms with Gasteiger partial charge in [0.15, 0.2) is 0 Å². The second kappa shape index (κ2) is 7.34. The smallest absolute Gasteiger partial charge is 0.339 e. The maximum absolute atomic E-state index is 13.3. The number of halogens is 1. The van der Waals surface area contributed by atoms with E-state index in [1.165, 1.54) is 24.8 Å². The summed E-state index contributed by atoms with van der Waals surface area (Å²) in [4.78, 5) is 12.1. The molecule has 3 rings (SSSR count). The van der Waals surface area contributed by atoms with Gasteiger partial charge < -0.3 is 9.30 Å². The third-order valence-electron chi connectivity index (χ3n) is 4.38. The molecular formula is C21H20FNO2. The van der Waals surface area contributed by atoms with Crippen molar-refractivity contribution < 1.29 is 13.9 Å². The Labute approximate surface area is 146 Å². The number of aromatic nitrogens is 1. The fourth-order valence-electron chi connectivity index (χ4n) is 3.00. The predicted molar refractivity (Wildman–Crippen MR) is 96.0 cm³/mol. The summed E-state index contributed by atoms with van der Waals surface area (Å²) in [5.74, 6) is -0.643. The lowest BCUT2D eigenvalue weighted by Crippen LogP contribution is -2.08. The molecule has 25 heavy (non-hydrogen) atoms. The van der Waals surface area contributed by atoms with Crippen molar-refractivity contribution in [1.82, 2.24) is 4.57 Å². The van der Waals surface area contributed by atoms with Gasteiger partial charge in [-0.15, -0.1) is 0 Å². The molecule has 128 valence electrons. The average Bonchev–Trinajstić information content (AvgIpc) is 2.97. The molecule has 0 saturated heterocycles. The zero-order valence-electron chi connectivity index (χ0n) is 14.3. The molecule has 0 fully saturated rings. The Hall–Kier alpha value is -2.88. The molecule has 0 aliphatic heterocycles. The fraction of sp³-hybridized carbons (Fsp3) is 0.190. The van der Waals surface area contributed by atoms with Crippen molar-refractivity contribution in [3.63, 3.8) is 0 Å². The van der Waals surface area contributed by atoms with E-state index in [4.69, 9.17) is 4.74 Å². The lowest BCUT2D eigenvalue weighted by atomic mass is 10.1. The van der Waals surface area contributed by atoms with Crippen LogP contribution < -0.4 is 0 Å². The van der Waals surface area contributed by atoms with Crippen molar-refractivity contribution in [2.24, 2.45) is 0 Å². The third-order valence-corrected chi connectivity index (χ3v) is 4.38. The second-order valence-electron chi connectivity index (χ2n) is 5.91. The highest BCUT2D eigenvalue weighted by Crippen LogP contribution is 2.27.